The second-order valence-electron chi connectivity index (χ2n) is 4.34. The number of hydrogen-bond acceptors (Lipinski definition) is 6. The van der Waals surface area contributed by atoms with E-state index in [4.69, 9.17) is 0 Å². The van der Waals surface area contributed by atoms with Gasteiger partial charge in [0, 0.05) is 7.05 Å². The molecule has 2 aromatic rings. The molecule has 11 heteroatoms. The number of hydrogen-bond donors (Lipinski definition) is 1. The van der Waals surface area contributed by atoms with E-state index in [1.54, 1.807) is 6.92 Å². The third-order valence-electron chi connectivity index (χ3n) is 2.70. The SMILES string of the molecule is Cc1nn(C)c(F)c1/C=N/NC(=O)Cn1ccc([N+](=O)[O-])n1. The van der Waals surface area contributed by atoms with E-state index in [2.05, 4.69) is 20.7 Å². The highest BCUT2D eigenvalue weighted by molar-refractivity contribution is 5.83. The molecule has 0 atom stereocenters. The van der Waals surface area contributed by atoms with E-state index in [-0.39, 0.29) is 17.9 Å². The highest BCUT2D eigenvalue weighted by Gasteiger charge is 2.13. The maximum atomic E-state index is 13.6. The smallest absolute Gasteiger partial charge is 0.358 e. The van der Waals surface area contributed by atoms with Gasteiger partial charge in [-0.1, -0.05) is 0 Å². The van der Waals surface area contributed by atoms with Crippen molar-refractivity contribution in [3.63, 3.8) is 0 Å². The Hall–Kier alpha value is -3.11. The summed E-state index contributed by atoms with van der Waals surface area (Å²) in [6, 6.07) is 1.17. The van der Waals surface area contributed by atoms with Crippen LogP contribution in [0.5, 0.6) is 0 Å². The molecule has 22 heavy (non-hydrogen) atoms. The Bertz CT molecular complexity index is 749. The van der Waals surface area contributed by atoms with E-state index in [0.29, 0.717) is 5.69 Å². The minimum Gasteiger partial charge on any atom is -0.358 e. The van der Waals surface area contributed by atoms with Crippen molar-refractivity contribution in [1.82, 2.24) is 25.0 Å². The largest absolute Gasteiger partial charge is 0.389 e. The normalized spacial score (nSPS) is 11.0. The van der Waals surface area contributed by atoms with E-state index in [1.807, 2.05) is 0 Å². The van der Waals surface area contributed by atoms with Crippen molar-refractivity contribution in [2.75, 3.05) is 0 Å². The Kier molecular flexibility index (Phi) is 4.25. The Morgan fingerprint density at radius 1 is 1.59 bits per heavy atom. The Balaban J connectivity index is 1.94. The van der Waals surface area contributed by atoms with Gasteiger partial charge < -0.3 is 10.1 Å². The lowest BCUT2D eigenvalue weighted by Gasteiger charge is -1.97. The lowest BCUT2D eigenvalue weighted by molar-refractivity contribution is -0.389. The van der Waals surface area contributed by atoms with Crippen LogP contribution in [-0.4, -0.2) is 36.6 Å². The van der Waals surface area contributed by atoms with Crippen LogP contribution in [0.25, 0.3) is 0 Å². The summed E-state index contributed by atoms with van der Waals surface area (Å²) >= 11 is 0. The van der Waals surface area contributed by atoms with Crippen LogP contribution in [-0.2, 0) is 18.4 Å². The molecule has 0 aliphatic heterocycles. The van der Waals surface area contributed by atoms with Gasteiger partial charge in [-0.15, -0.1) is 0 Å². The molecule has 0 bridgehead atoms. The van der Waals surface area contributed by atoms with Gasteiger partial charge in [-0.2, -0.15) is 19.3 Å². The topological polar surface area (TPSA) is 120 Å². The average Bonchev–Trinajstić information content (AvgIpc) is 2.99. The van der Waals surface area contributed by atoms with Gasteiger partial charge in [0.25, 0.3) is 5.91 Å². The first-order chi connectivity index (χ1) is 10.4. The number of aryl methyl sites for hydroxylation is 2. The van der Waals surface area contributed by atoms with Crippen LogP contribution >= 0.6 is 0 Å². The number of aromatic nitrogens is 4. The zero-order chi connectivity index (χ0) is 16.3. The Labute approximate surface area is 123 Å². The van der Waals surface area contributed by atoms with Crippen molar-refractivity contribution in [2.45, 2.75) is 13.5 Å². The average molecular weight is 309 g/mol. The standard InChI is InChI=1S/C11H12FN7O3/c1-7-8(11(12)17(2)15-7)5-13-14-10(20)6-18-4-3-9(16-18)19(21)22/h3-5H,6H2,1-2H3,(H,14,20)/b13-5+. The Morgan fingerprint density at radius 2 is 2.32 bits per heavy atom. The first kappa shape index (κ1) is 15.3. The van der Waals surface area contributed by atoms with E-state index in [1.165, 1.54) is 19.3 Å². The maximum Gasteiger partial charge on any atom is 0.389 e. The third-order valence-corrected chi connectivity index (χ3v) is 2.70. The number of hydrazone groups is 1. The Morgan fingerprint density at radius 3 is 2.86 bits per heavy atom. The fraction of sp³-hybridized carbons (Fsp3) is 0.273. The molecule has 0 saturated heterocycles. The molecule has 2 aromatic heterocycles. The van der Waals surface area contributed by atoms with Gasteiger partial charge in [0.1, 0.15) is 6.54 Å². The van der Waals surface area contributed by atoms with Crippen LogP contribution in [0.15, 0.2) is 17.4 Å². The summed E-state index contributed by atoms with van der Waals surface area (Å²) in [5.74, 6) is -1.49. The van der Waals surface area contributed by atoms with Gasteiger partial charge in [-0.05, 0) is 11.8 Å². The highest BCUT2D eigenvalue weighted by Crippen LogP contribution is 2.07. The van der Waals surface area contributed by atoms with Gasteiger partial charge in [0.05, 0.1) is 34.8 Å². The fourth-order valence-electron chi connectivity index (χ4n) is 1.68. The minimum atomic E-state index is -0.666. The number of halogens is 1. The van der Waals surface area contributed by atoms with Crippen LogP contribution in [0.1, 0.15) is 11.3 Å². The van der Waals surface area contributed by atoms with E-state index < -0.39 is 16.8 Å². The van der Waals surface area contributed by atoms with Crippen molar-refractivity contribution in [3.8, 4) is 0 Å². The summed E-state index contributed by atoms with van der Waals surface area (Å²) in [4.78, 5) is 21.4. The number of nitrogens with zero attached hydrogens (tertiary/aromatic N) is 6. The molecule has 0 fully saturated rings. The first-order valence-corrected chi connectivity index (χ1v) is 6.07. The van der Waals surface area contributed by atoms with Crippen LogP contribution < -0.4 is 5.43 Å². The number of amides is 1. The summed E-state index contributed by atoms with van der Waals surface area (Å²) < 4.78 is 15.7. The van der Waals surface area contributed by atoms with Gasteiger partial charge in [0.2, 0.25) is 5.95 Å². The molecular formula is C11H12FN7O3. The number of rotatable bonds is 5. The van der Waals surface area contributed by atoms with Crippen molar-refractivity contribution >= 4 is 17.9 Å². The van der Waals surface area contributed by atoms with Crippen molar-refractivity contribution in [2.24, 2.45) is 12.1 Å². The van der Waals surface area contributed by atoms with Crippen LogP contribution in [0.2, 0.25) is 0 Å². The zero-order valence-corrected chi connectivity index (χ0v) is 11.7. The highest BCUT2D eigenvalue weighted by atomic mass is 19.1. The molecule has 0 radical (unpaired) electrons. The summed E-state index contributed by atoms with van der Waals surface area (Å²) in [6.45, 7) is 1.36. The maximum absolute atomic E-state index is 13.6. The summed E-state index contributed by atoms with van der Waals surface area (Å²) in [7, 11) is 1.45. The van der Waals surface area contributed by atoms with E-state index in [0.717, 1.165) is 15.6 Å². The molecule has 116 valence electrons. The minimum absolute atomic E-state index is 0.164. The lowest BCUT2D eigenvalue weighted by atomic mass is 10.3. The lowest BCUT2D eigenvalue weighted by Crippen LogP contribution is -2.23. The van der Waals surface area contributed by atoms with Gasteiger partial charge in [-0.25, -0.2) is 10.1 Å². The van der Waals surface area contributed by atoms with Crippen LogP contribution in [0.3, 0.4) is 0 Å². The second kappa shape index (κ2) is 6.11. The molecule has 1 amide bonds. The molecule has 0 aliphatic rings. The van der Waals surface area contributed by atoms with Gasteiger partial charge >= 0.3 is 5.82 Å². The third kappa shape index (κ3) is 3.31. The molecule has 10 nitrogen and oxygen atoms in total. The number of nitro groups is 1. The van der Waals surface area contributed by atoms with Crippen molar-refractivity contribution < 1.29 is 14.1 Å². The van der Waals surface area contributed by atoms with Crippen molar-refractivity contribution in [3.05, 3.63) is 39.6 Å². The predicted octanol–water partition coefficient (Wildman–Crippen LogP) is 0.123. The van der Waals surface area contributed by atoms with Gasteiger partial charge in [-0.3, -0.25) is 4.79 Å². The molecule has 1 N–H and O–H groups in total. The molecule has 0 unspecified atom stereocenters. The molecule has 0 spiro atoms. The van der Waals surface area contributed by atoms with E-state index in [9.17, 15) is 19.3 Å². The summed E-state index contributed by atoms with van der Waals surface area (Å²) in [6.07, 6.45) is 2.44. The first-order valence-electron chi connectivity index (χ1n) is 6.07. The summed E-state index contributed by atoms with van der Waals surface area (Å²) in [5, 5.41) is 21.5. The number of carbonyl (C=O) groups is 1. The number of nitrogens with one attached hydrogen (secondary N) is 1. The monoisotopic (exact) mass is 309 g/mol. The van der Waals surface area contributed by atoms with Gasteiger partial charge in [0.15, 0.2) is 0 Å². The number of carbonyl (C=O) groups excluding carboxylic acids is 1. The molecule has 2 heterocycles. The molecular weight excluding hydrogens is 297 g/mol. The molecule has 0 aromatic carbocycles. The molecule has 2 rings (SSSR count). The quantitative estimate of drug-likeness (QED) is 0.478. The predicted molar refractivity (Wildman–Crippen MR) is 72.5 cm³/mol. The van der Waals surface area contributed by atoms with Crippen LogP contribution in [0.4, 0.5) is 10.2 Å². The second-order valence-corrected chi connectivity index (χ2v) is 4.34. The summed E-state index contributed by atoms with van der Waals surface area (Å²) in [5.41, 5.74) is 2.77. The molecule has 0 saturated carbocycles. The fourth-order valence-corrected chi connectivity index (χ4v) is 1.68. The zero-order valence-electron chi connectivity index (χ0n) is 11.7. The van der Waals surface area contributed by atoms with Crippen molar-refractivity contribution in [1.29, 1.82) is 0 Å². The molecule has 0 aliphatic carbocycles. The van der Waals surface area contributed by atoms with E-state index >= 15 is 0 Å². The van der Waals surface area contributed by atoms with Crippen LogP contribution in [0, 0.1) is 23.0 Å².